The fraction of sp³-hybridized carbons (Fsp3) is 0.250. The number of benzene rings is 2. The van der Waals surface area contributed by atoms with Crippen molar-refractivity contribution in [2.75, 3.05) is 7.05 Å². The van der Waals surface area contributed by atoms with Gasteiger partial charge in [-0.05, 0) is 30.7 Å². The van der Waals surface area contributed by atoms with Crippen LogP contribution in [0, 0.1) is 11.6 Å². The van der Waals surface area contributed by atoms with Crippen LogP contribution in [0.25, 0.3) is 11.1 Å². The number of halogens is 2. The normalized spacial score (nSPS) is 12.4. The summed E-state index contributed by atoms with van der Waals surface area (Å²) >= 11 is 0. The third kappa shape index (κ3) is 2.82. The molecule has 0 fully saturated rings. The SMILES string of the molecule is CCC(NC)c1ccc(-c2cccc(F)c2F)cc1. The Balaban J connectivity index is 2.35. The molecule has 0 spiro atoms. The van der Waals surface area contributed by atoms with Crippen LogP contribution in [0.5, 0.6) is 0 Å². The number of hydrogen-bond acceptors (Lipinski definition) is 1. The second kappa shape index (κ2) is 5.93. The maximum atomic E-state index is 13.7. The molecule has 0 bridgehead atoms. The molecule has 0 aromatic heterocycles. The van der Waals surface area contributed by atoms with E-state index >= 15 is 0 Å². The molecule has 1 unspecified atom stereocenters. The Morgan fingerprint density at radius 2 is 1.74 bits per heavy atom. The van der Waals surface area contributed by atoms with Gasteiger partial charge >= 0.3 is 0 Å². The molecule has 0 aliphatic heterocycles. The summed E-state index contributed by atoms with van der Waals surface area (Å²) in [5.41, 5.74) is 2.13. The molecule has 0 aliphatic rings. The van der Waals surface area contributed by atoms with E-state index in [0.29, 0.717) is 11.1 Å². The van der Waals surface area contributed by atoms with Crippen LogP contribution in [-0.4, -0.2) is 7.05 Å². The summed E-state index contributed by atoms with van der Waals surface area (Å²) in [7, 11) is 1.91. The van der Waals surface area contributed by atoms with Gasteiger partial charge in [0.2, 0.25) is 0 Å². The molecule has 0 heterocycles. The molecular weight excluding hydrogens is 244 g/mol. The van der Waals surface area contributed by atoms with Crippen LogP contribution in [-0.2, 0) is 0 Å². The van der Waals surface area contributed by atoms with Crippen molar-refractivity contribution in [1.82, 2.24) is 5.32 Å². The molecule has 2 rings (SSSR count). The van der Waals surface area contributed by atoms with Crippen LogP contribution < -0.4 is 5.32 Å². The highest BCUT2D eigenvalue weighted by atomic mass is 19.2. The average Bonchev–Trinajstić information content (AvgIpc) is 2.44. The van der Waals surface area contributed by atoms with Crippen molar-refractivity contribution in [1.29, 1.82) is 0 Å². The van der Waals surface area contributed by atoms with Crippen LogP contribution in [0.15, 0.2) is 42.5 Å². The molecule has 0 amide bonds. The van der Waals surface area contributed by atoms with Gasteiger partial charge in [-0.3, -0.25) is 0 Å². The highest BCUT2D eigenvalue weighted by Crippen LogP contribution is 2.26. The summed E-state index contributed by atoms with van der Waals surface area (Å²) < 4.78 is 26.9. The van der Waals surface area contributed by atoms with Gasteiger partial charge in [-0.15, -0.1) is 0 Å². The minimum absolute atomic E-state index is 0.284. The first kappa shape index (κ1) is 13.7. The van der Waals surface area contributed by atoms with Crippen LogP contribution in [0.1, 0.15) is 24.9 Å². The fourth-order valence-corrected chi connectivity index (χ4v) is 2.23. The first-order chi connectivity index (χ1) is 9.17. The van der Waals surface area contributed by atoms with Crippen LogP contribution in [0.4, 0.5) is 8.78 Å². The molecule has 0 saturated carbocycles. The Labute approximate surface area is 112 Å². The maximum Gasteiger partial charge on any atom is 0.166 e. The summed E-state index contributed by atoms with van der Waals surface area (Å²) in [5.74, 6) is -1.61. The lowest BCUT2D eigenvalue weighted by Gasteiger charge is -2.14. The molecule has 1 atom stereocenters. The molecule has 0 saturated heterocycles. The van der Waals surface area contributed by atoms with Gasteiger partial charge in [0.15, 0.2) is 11.6 Å². The predicted molar refractivity (Wildman–Crippen MR) is 73.9 cm³/mol. The van der Waals surface area contributed by atoms with Crippen molar-refractivity contribution in [2.24, 2.45) is 0 Å². The molecule has 1 N–H and O–H groups in total. The summed E-state index contributed by atoms with van der Waals surface area (Å²) in [6.45, 7) is 2.10. The maximum absolute atomic E-state index is 13.7. The summed E-state index contributed by atoms with van der Waals surface area (Å²) in [6, 6.07) is 12.1. The lowest BCUT2D eigenvalue weighted by atomic mass is 9.99. The molecule has 100 valence electrons. The van der Waals surface area contributed by atoms with Crippen molar-refractivity contribution in [3.8, 4) is 11.1 Å². The Morgan fingerprint density at radius 1 is 1.05 bits per heavy atom. The molecule has 2 aromatic rings. The van der Waals surface area contributed by atoms with E-state index in [1.165, 1.54) is 6.07 Å². The molecule has 0 aliphatic carbocycles. The molecule has 19 heavy (non-hydrogen) atoms. The van der Waals surface area contributed by atoms with E-state index in [4.69, 9.17) is 0 Å². The van der Waals surface area contributed by atoms with Gasteiger partial charge in [0, 0.05) is 11.6 Å². The van der Waals surface area contributed by atoms with Gasteiger partial charge in [-0.2, -0.15) is 0 Å². The Bertz CT molecular complexity index is 545. The second-order valence-electron chi connectivity index (χ2n) is 4.47. The molecule has 2 aromatic carbocycles. The average molecular weight is 261 g/mol. The fourth-order valence-electron chi connectivity index (χ4n) is 2.23. The standard InChI is InChI=1S/C16H17F2N/c1-3-15(19-2)12-9-7-11(8-10-12)13-5-4-6-14(17)16(13)18/h4-10,15,19H,3H2,1-2H3. The summed E-state index contributed by atoms with van der Waals surface area (Å²) in [4.78, 5) is 0. The van der Waals surface area contributed by atoms with Crippen molar-refractivity contribution in [2.45, 2.75) is 19.4 Å². The van der Waals surface area contributed by atoms with Gasteiger partial charge in [0.1, 0.15) is 0 Å². The van der Waals surface area contributed by atoms with Gasteiger partial charge in [-0.25, -0.2) is 8.78 Å². The lowest BCUT2D eigenvalue weighted by molar-refractivity contribution is 0.511. The first-order valence-electron chi connectivity index (χ1n) is 6.39. The predicted octanol–water partition coefficient (Wildman–Crippen LogP) is 4.30. The van der Waals surface area contributed by atoms with E-state index in [0.717, 1.165) is 18.1 Å². The van der Waals surface area contributed by atoms with E-state index in [2.05, 4.69) is 12.2 Å². The zero-order valence-corrected chi connectivity index (χ0v) is 11.1. The molecule has 1 nitrogen and oxygen atoms in total. The monoisotopic (exact) mass is 261 g/mol. The smallest absolute Gasteiger partial charge is 0.166 e. The highest BCUT2D eigenvalue weighted by Gasteiger charge is 2.11. The molecule has 0 radical (unpaired) electrons. The molecule has 3 heteroatoms. The van der Waals surface area contributed by atoms with Crippen LogP contribution in [0.3, 0.4) is 0 Å². The van der Waals surface area contributed by atoms with Crippen molar-refractivity contribution in [3.05, 3.63) is 59.7 Å². The van der Waals surface area contributed by atoms with Crippen molar-refractivity contribution in [3.63, 3.8) is 0 Å². The van der Waals surface area contributed by atoms with E-state index in [-0.39, 0.29) is 6.04 Å². The second-order valence-corrected chi connectivity index (χ2v) is 4.47. The molecular formula is C16H17F2N. The summed E-state index contributed by atoms with van der Waals surface area (Å²) in [5, 5.41) is 3.21. The van der Waals surface area contributed by atoms with Gasteiger partial charge < -0.3 is 5.32 Å². The van der Waals surface area contributed by atoms with E-state index in [9.17, 15) is 8.78 Å². The third-order valence-corrected chi connectivity index (χ3v) is 3.33. The number of hydrogen-bond donors (Lipinski definition) is 1. The van der Waals surface area contributed by atoms with Crippen LogP contribution >= 0.6 is 0 Å². The largest absolute Gasteiger partial charge is 0.313 e. The minimum Gasteiger partial charge on any atom is -0.313 e. The Morgan fingerprint density at radius 3 is 2.32 bits per heavy atom. The minimum atomic E-state index is -0.816. The van der Waals surface area contributed by atoms with Gasteiger partial charge in [-0.1, -0.05) is 43.3 Å². The van der Waals surface area contributed by atoms with Gasteiger partial charge in [0.25, 0.3) is 0 Å². The van der Waals surface area contributed by atoms with E-state index < -0.39 is 11.6 Å². The third-order valence-electron chi connectivity index (χ3n) is 3.33. The summed E-state index contributed by atoms with van der Waals surface area (Å²) in [6.07, 6.45) is 0.976. The van der Waals surface area contributed by atoms with E-state index in [1.807, 2.05) is 31.3 Å². The van der Waals surface area contributed by atoms with Crippen LogP contribution in [0.2, 0.25) is 0 Å². The van der Waals surface area contributed by atoms with Gasteiger partial charge in [0.05, 0.1) is 0 Å². The Kier molecular flexibility index (Phi) is 4.27. The van der Waals surface area contributed by atoms with E-state index in [1.54, 1.807) is 6.07 Å². The topological polar surface area (TPSA) is 12.0 Å². The Hall–Kier alpha value is -1.74. The zero-order valence-electron chi connectivity index (χ0n) is 11.1. The number of rotatable bonds is 4. The van der Waals surface area contributed by atoms with Crippen molar-refractivity contribution < 1.29 is 8.78 Å². The first-order valence-corrected chi connectivity index (χ1v) is 6.39. The lowest BCUT2D eigenvalue weighted by Crippen LogP contribution is -2.14. The number of nitrogens with one attached hydrogen (secondary N) is 1. The zero-order chi connectivity index (χ0) is 13.8. The highest BCUT2D eigenvalue weighted by molar-refractivity contribution is 5.64. The quantitative estimate of drug-likeness (QED) is 0.865. The van der Waals surface area contributed by atoms with Crippen molar-refractivity contribution >= 4 is 0 Å².